The topological polar surface area (TPSA) is 57.2 Å². The summed E-state index contributed by atoms with van der Waals surface area (Å²) >= 11 is 1.78. The molecule has 7 heteroatoms. The number of amides is 1. The molecule has 0 saturated heterocycles. The fraction of sp³-hybridized carbons (Fsp3) is 0.400. The lowest BCUT2D eigenvalue weighted by molar-refractivity contribution is -0.121. The molecule has 0 bridgehead atoms. The van der Waals surface area contributed by atoms with Crippen LogP contribution in [-0.2, 0) is 11.2 Å². The first kappa shape index (κ1) is 19.2. The Bertz CT molecular complexity index is 776. The number of carbonyl (C=O) groups excluding carboxylic acids is 1. The number of guanidine groups is 1. The lowest BCUT2D eigenvalue weighted by Gasteiger charge is -2.29. The van der Waals surface area contributed by atoms with Crippen LogP contribution in [0.5, 0.6) is 5.75 Å². The largest absolute Gasteiger partial charge is 0.482 e. The molecule has 1 aromatic carbocycles. The van der Waals surface area contributed by atoms with Crippen LogP contribution in [0.1, 0.15) is 11.3 Å². The molecule has 6 nitrogen and oxygen atoms in total. The second-order valence-electron chi connectivity index (χ2n) is 6.38. The van der Waals surface area contributed by atoms with Gasteiger partial charge in [-0.15, -0.1) is 11.3 Å². The van der Waals surface area contributed by atoms with E-state index < -0.39 is 0 Å². The van der Waals surface area contributed by atoms with Gasteiger partial charge in [-0.2, -0.15) is 0 Å². The lowest BCUT2D eigenvalue weighted by Crippen LogP contribution is -2.43. The standard InChI is InChI=1S/C20H26N4O2S/c1-21-20(23(2)13-10-16-7-5-14-27-16)22-11-6-12-24-17-8-3-4-9-18(17)26-15-19(24)25/h3-5,7-9,14H,6,10-13,15H2,1-2H3,(H,21,22). The fourth-order valence-electron chi connectivity index (χ4n) is 3.06. The number of carbonyl (C=O) groups is 1. The number of aliphatic imine (C=N–C) groups is 1. The van der Waals surface area contributed by atoms with Crippen molar-refractivity contribution in [2.75, 3.05) is 45.2 Å². The third kappa shape index (κ3) is 5.01. The molecular formula is C20H26N4O2S. The molecule has 2 heterocycles. The van der Waals surface area contributed by atoms with E-state index in [1.165, 1.54) is 4.88 Å². The second-order valence-corrected chi connectivity index (χ2v) is 7.41. The van der Waals surface area contributed by atoms with E-state index in [1.54, 1.807) is 18.4 Å². The minimum absolute atomic E-state index is 0.00569. The van der Waals surface area contributed by atoms with Gasteiger partial charge in [0.2, 0.25) is 0 Å². The van der Waals surface area contributed by atoms with Gasteiger partial charge < -0.3 is 19.9 Å². The van der Waals surface area contributed by atoms with E-state index in [2.05, 4.69) is 32.7 Å². The number of hydrogen-bond acceptors (Lipinski definition) is 4. The maximum atomic E-state index is 12.2. The van der Waals surface area contributed by atoms with E-state index in [4.69, 9.17) is 4.74 Å². The average molecular weight is 387 g/mol. The van der Waals surface area contributed by atoms with Crippen molar-refractivity contribution >= 4 is 28.9 Å². The first-order valence-electron chi connectivity index (χ1n) is 9.15. The number of fused-ring (bicyclic) bond motifs is 1. The van der Waals surface area contributed by atoms with Crippen LogP contribution in [0, 0.1) is 0 Å². The quantitative estimate of drug-likeness (QED) is 0.452. The van der Waals surface area contributed by atoms with Crippen molar-refractivity contribution < 1.29 is 9.53 Å². The summed E-state index contributed by atoms with van der Waals surface area (Å²) in [5.74, 6) is 1.65. The first-order chi connectivity index (χ1) is 13.2. The molecule has 0 unspecified atom stereocenters. The molecule has 1 N–H and O–H groups in total. The third-order valence-electron chi connectivity index (χ3n) is 4.50. The average Bonchev–Trinajstić information content (AvgIpc) is 3.21. The molecule has 1 aliphatic heterocycles. The van der Waals surface area contributed by atoms with E-state index in [-0.39, 0.29) is 12.5 Å². The summed E-state index contributed by atoms with van der Waals surface area (Å²) < 4.78 is 5.49. The number of hydrogen-bond donors (Lipinski definition) is 1. The maximum absolute atomic E-state index is 12.2. The van der Waals surface area contributed by atoms with Crippen LogP contribution in [0.25, 0.3) is 0 Å². The second kappa shape index (κ2) is 9.41. The molecule has 0 atom stereocenters. The van der Waals surface area contributed by atoms with Gasteiger partial charge in [0.25, 0.3) is 5.91 Å². The van der Waals surface area contributed by atoms with Crippen molar-refractivity contribution in [3.05, 3.63) is 46.7 Å². The molecule has 0 spiro atoms. The van der Waals surface area contributed by atoms with Gasteiger partial charge in [0, 0.05) is 38.6 Å². The number of ether oxygens (including phenoxy) is 1. The molecule has 0 radical (unpaired) electrons. The molecule has 2 aromatic rings. The molecule has 0 saturated carbocycles. The van der Waals surface area contributed by atoms with Crippen molar-refractivity contribution in [1.82, 2.24) is 10.2 Å². The summed E-state index contributed by atoms with van der Waals surface area (Å²) in [5.41, 5.74) is 0.853. The Hall–Kier alpha value is -2.54. The minimum Gasteiger partial charge on any atom is -0.482 e. The van der Waals surface area contributed by atoms with Crippen LogP contribution in [0.15, 0.2) is 46.8 Å². The predicted octanol–water partition coefficient (Wildman–Crippen LogP) is 2.61. The number of anilines is 1. The molecule has 144 valence electrons. The molecule has 1 aromatic heterocycles. The highest BCUT2D eigenvalue weighted by molar-refractivity contribution is 7.09. The Morgan fingerprint density at radius 3 is 2.96 bits per heavy atom. The molecule has 1 amide bonds. The van der Waals surface area contributed by atoms with Gasteiger partial charge in [0.1, 0.15) is 5.75 Å². The summed E-state index contributed by atoms with van der Waals surface area (Å²) in [4.78, 5) is 21.9. The highest BCUT2D eigenvalue weighted by Gasteiger charge is 2.24. The highest BCUT2D eigenvalue weighted by Crippen LogP contribution is 2.31. The van der Waals surface area contributed by atoms with E-state index >= 15 is 0 Å². The molecule has 0 aliphatic carbocycles. The molecule has 3 rings (SSSR count). The van der Waals surface area contributed by atoms with Crippen LogP contribution >= 0.6 is 11.3 Å². The Morgan fingerprint density at radius 2 is 2.19 bits per heavy atom. The van der Waals surface area contributed by atoms with Crippen molar-refractivity contribution in [2.24, 2.45) is 4.99 Å². The Morgan fingerprint density at radius 1 is 1.33 bits per heavy atom. The summed E-state index contributed by atoms with van der Waals surface area (Å²) in [5, 5.41) is 5.49. The van der Waals surface area contributed by atoms with Crippen molar-refractivity contribution in [1.29, 1.82) is 0 Å². The number of para-hydroxylation sites is 2. The lowest BCUT2D eigenvalue weighted by atomic mass is 10.2. The minimum atomic E-state index is 0.00569. The normalized spacial score (nSPS) is 13.9. The van der Waals surface area contributed by atoms with Crippen molar-refractivity contribution in [3.63, 3.8) is 0 Å². The molecule has 1 aliphatic rings. The molecule has 27 heavy (non-hydrogen) atoms. The van der Waals surface area contributed by atoms with Gasteiger partial charge >= 0.3 is 0 Å². The zero-order chi connectivity index (χ0) is 19.1. The Labute approximate surface area is 164 Å². The summed E-state index contributed by atoms with van der Waals surface area (Å²) in [6, 6.07) is 11.9. The monoisotopic (exact) mass is 386 g/mol. The van der Waals surface area contributed by atoms with Gasteiger partial charge in [0.15, 0.2) is 12.6 Å². The number of nitrogens with zero attached hydrogens (tertiary/aromatic N) is 3. The maximum Gasteiger partial charge on any atom is 0.265 e. The summed E-state index contributed by atoms with van der Waals surface area (Å²) in [6.45, 7) is 2.43. The van der Waals surface area contributed by atoms with Gasteiger partial charge in [-0.25, -0.2) is 0 Å². The molecule has 0 fully saturated rings. The number of nitrogens with one attached hydrogen (secondary N) is 1. The Balaban J connectivity index is 1.45. The predicted molar refractivity (Wildman–Crippen MR) is 111 cm³/mol. The van der Waals surface area contributed by atoms with Crippen molar-refractivity contribution in [2.45, 2.75) is 12.8 Å². The van der Waals surface area contributed by atoms with E-state index in [0.717, 1.165) is 43.3 Å². The van der Waals surface area contributed by atoms with Gasteiger partial charge in [-0.3, -0.25) is 9.79 Å². The number of thiophene rings is 1. The number of rotatable bonds is 7. The van der Waals surface area contributed by atoms with Gasteiger partial charge in [0.05, 0.1) is 5.69 Å². The van der Waals surface area contributed by atoms with E-state index in [0.29, 0.717) is 6.54 Å². The van der Waals surface area contributed by atoms with Gasteiger partial charge in [-0.1, -0.05) is 18.2 Å². The molecular weight excluding hydrogens is 360 g/mol. The van der Waals surface area contributed by atoms with E-state index in [1.807, 2.05) is 36.2 Å². The first-order valence-corrected chi connectivity index (χ1v) is 10.0. The summed E-state index contributed by atoms with van der Waals surface area (Å²) in [6.07, 6.45) is 1.84. The fourth-order valence-corrected chi connectivity index (χ4v) is 3.76. The summed E-state index contributed by atoms with van der Waals surface area (Å²) in [7, 11) is 3.84. The van der Waals surface area contributed by atoms with Crippen molar-refractivity contribution in [3.8, 4) is 5.75 Å². The Kier molecular flexibility index (Phi) is 6.70. The smallest absolute Gasteiger partial charge is 0.265 e. The van der Waals surface area contributed by atoms with Crippen LogP contribution in [-0.4, -0.2) is 57.1 Å². The SMILES string of the molecule is CN=C(NCCCN1C(=O)COc2ccccc21)N(C)CCc1cccs1. The van der Waals surface area contributed by atoms with E-state index in [9.17, 15) is 4.79 Å². The number of likely N-dealkylation sites (N-methyl/N-ethyl adjacent to an activating group) is 1. The van der Waals surface area contributed by atoms with Crippen LogP contribution in [0.4, 0.5) is 5.69 Å². The zero-order valence-corrected chi connectivity index (χ0v) is 16.7. The van der Waals surface area contributed by atoms with Crippen LogP contribution in [0.2, 0.25) is 0 Å². The van der Waals surface area contributed by atoms with Crippen LogP contribution in [0.3, 0.4) is 0 Å². The van der Waals surface area contributed by atoms with Crippen LogP contribution < -0.4 is 15.0 Å². The third-order valence-corrected chi connectivity index (χ3v) is 5.43. The number of benzene rings is 1. The van der Waals surface area contributed by atoms with Gasteiger partial charge in [-0.05, 0) is 36.4 Å². The zero-order valence-electron chi connectivity index (χ0n) is 15.9. The highest BCUT2D eigenvalue weighted by atomic mass is 32.1.